The van der Waals surface area contributed by atoms with Gasteiger partial charge in [-0.3, -0.25) is 0 Å². The van der Waals surface area contributed by atoms with Crippen LogP contribution in [0.25, 0.3) is 0 Å². The molecule has 0 saturated carbocycles. The SMILES string of the molecule is C#CCCC(CCC)OC(c1ccccc1)(c1ccccc1)c1ccccc1. The van der Waals surface area contributed by atoms with Crippen molar-refractivity contribution in [2.45, 2.75) is 44.3 Å². The fraction of sp³-hybridized carbons (Fsp3) is 0.259. The summed E-state index contributed by atoms with van der Waals surface area (Å²) in [6.07, 6.45) is 9.27. The van der Waals surface area contributed by atoms with Crippen molar-refractivity contribution < 1.29 is 4.74 Å². The quantitative estimate of drug-likeness (QED) is 0.306. The molecule has 3 aromatic carbocycles. The van der Waals surface area contributed by atoms with Crippen LogP contribution >= 0.6 is 0 Å². The topological polar surface area (TPSA) is 9.23 Å². The Morgan fingerprint density at radius 1 is 0.750 bits per heavy atom. The third-order valence-corrected chi connectivity index (χ3v) is 5.11. The molecule has 0 radical (unpaired) electrons. The first-order valence-corrected chi connectivity index (χ1v) is 10.1. The van der Waals surface area contributed by atoms with Gasteiger partial charge in [0.1, 0.15) is 5.60 Å². The Morgan fingerprint density at radius 2 is 1.18 bits per heavy atom. The molecule has 0 heterocycles. The minimum atomic E-state index is -0.668. The standard InChI is InChI=1S/C27H28O/c1-3-5-22-26(15-4-2)28-27(23-16-9-6-10-17-23,24-18-11-7-12-19-24)25-20-13-8-14-21-25/h1,6-14,16-21,26H,4-5,15,22H2,2H3. The number of ether oxygens (including phenoxy) is 1. The molecule has 0 aliphatic rings. The lowest BCUT2D eigenvalue weighted by molar-refractivity contribution is -0.0541. The van der Waals surface area contributed by atoms with Gasteiger partial charge in [0.15, 0.2) is 0 Å². The van der Waals surface area contributed by atoms with Crippen molar-refractivity contribution in [3.05, 3.63) is 108 Å². The van der Waals surface area contributed by atoms with Crippen molar-refractivity contribution in [1.29, 1.82) is 0 Å². The molecule has 1 heteroatoms. The van der Waals surface area contributed by atoms with Crippen LogP contribution in [0.15, 0.2) is 91.0 Å². The van der Waals surface area contributed by atoms with Crippen LogP contribution in [0.5, 0.6) is 0 Å². The van der Waals surface area contributed by atoms with E-state index in [2.05, 4.69) is 85.6 Å². The molecule has 0 fully saturated rings. The summed E-state index contributed by atoms with van der Waals surface area (Å²) in [5, 5.41) is 0. The molecule has 28 heavy (non-hydrogen) atoms. The summed E-state index contributed by atoms with van der Waals surface area (Å²) in [5.74, 6) is 2.78. The Labute approximate surface area is 169 Å². The zero-order valence-electron chi connectivity index (χ0n) is 16.6. The van der Waals surface area contributed by atoms with E-state index in [1.807, 2.05) is 18.2 Å². The van der Waals surface area contributed by atoms with E-state index in [0.717, 1.165) is 42.4 Å². The number of hydrogen-bond acceptors (Lipinski definition) is 1. The molecule has 142 valence electrons. The van der Waals surface area contributed by atoms with Crippen LogP contribution in [-0.2, 0) is 10.3 Å². The Bertz CT molecular complexity index is 766. The van der Waals surface area contributed by atoms with Gasteiger partial charge in [-0.15, -0.1) is 12.3 Å². The van der Waals surface area contributed by atoms with Crippen LogP contribution in [0.3, 0.4) is 0 Å². The Kier molecular flexibility index (Phi) is 7.06. The predicted molar refractivity (Wildman–Crippen MR) is 117 cm³/mol. The average molecular weight is 369 g/mol. The Morgan fingerprint density at radius 3 is 1.54 bits per heavy atom. The first-order chi connectivity index (χ1) is 13.8. The van der Waals surface area contributed by atoms with Crippen molar-refractivity contribution in [1.82, 2.24) is 0 Å². The molecule has 0 aliphatic heterocycles. The minimum Gasteiger partial charge on any atom is -0.358 e. The molecule has 1 unspecified atom stereocenters. The molecule has 0 aromatic heterocycles. The monoisotopic (exact) mass is 368 g/mol. The summed E-state index contributed by atoms with van der Waals surface area (Å²) in [4.78, 5) is 0. The van der Waals surface area contributed by atoms with Gasteiger partial charge in [0.25, 0.3) is 0 Å². The molecule has 0 aliphatic carbocycles. The van der Waals surface area contributed by atoms with Crippen LogP contribution in [0, 0.1) is 12.3 Å². The van der Waals surface area contributed by atoms with E-state index in [1.54, 1.807) is 0 Å². The van der Waals surface area contributed by atoms with Crippen molar-refractivity contribution in [2.75, 3.05) is 0 Å². The normalized spacial score (nSPS) is 12.3. The predicted octanol–water partition coefficient (Wildman–Crippen LogP) is 6.58. The Hall–Kier alpha value is -2.82. The lowest BCUT2D eigenvalue weighted by Gasteiger charge is -2.39. The molecular formula is C27H28O. The minimum absolute atomic E-state index is 0.0849. The molecule has 0 spiro atoms. The zero-order valence-corrected chi connectivity index (χ0v) is 16.6. The van der Waals surface area contributed by atoms with E-state index in [0.29, 0.717) is 0 Å². The van der Waals surface area contributed by atoms with Crippen LogP contribution in [-0.4, -0.2) is 6.10 Å². The summed E-state index contributed by atoms with van der Waals surface area (Å²) < 4.78 is 7.04. The highest BCUT2D eigenvalue weighted by Gasteiger charge is 2.39. The van der Waals surface area contributed by atoms with Crippen LogP contribution in [0.1, 0.15) is 49.3 Å². The second-order valence-corrected chi connectivity index (χ2v) is 7.05. The number of benzene rings is 3. The second kappa shape index (κ2) is 9.93. The van der Waals surface area contributed by atoms with Crippen LogP contribution in [0.2, 0.25) is 0 Å². The molecule has 0 N–H and O–H groups in total. The first kappa shape index (κ1) is 19.9. The summed E-state index contributed by atoms with van der Waals surface area (Å²) in [5.41, 5.74) is 2.73. The second-order valence-electron chi connectivity index (χ2n) is 7.05. The Balaban J connectivity index is 2.20. The van der Waals surface area contributed by atoms with Gasteiger partial charge < -0.3 is 4.74 Å². The van der Waals surface area contributed by atoms with Gasteiger partial charge in [0.05, 0.1) is 6.10 Å². The highest BCUT2D eigenvalue weighted by atomic mass is 16.5. The third kappa shape index (κ3) is 4.35. The van der Waals surface area contributed by atoms with E-state index in [1.165, 1.54) is 0 Å². The molecule has 3 rings (SSSR count). The summed E-state index contributed by atoms with van der Waals surface area (Å²) in [7, 11) is 0. The van der Waals surface area contributed by atoms with E-state index < -0.39 is 5.60 Å². The summed E-state index contributed by atoms with van der Waals surface area (Å²) in [6.45, 7) is 2.20. The first-order valence-electron chi connectivity index (χ1n) is 10.1. The highest BCUT2D eigenvalue weighted by molar-refractivity contribution is 5.47. The van der Waals surface area contributed by atoms with Gasteiger partial charge in [0.2, 0.25) is 0 Å². The van der Waals surface area contributed by atoms with Crippen LogP contribution < -0.4 is 0 Å². The average Bonchev–Trinajstić information content (AvgIpc) is 2.77. The largest absolute Gasteiger partial charge is 0.358 e. The van der Waals surface area contributed by atoms with Crippen molar-refractivity contribution in [3.8, 4) is 12.3 Å². The molecule has 0 bridgehead atoms. The lowest BCUT2D eigenvalue weighted by atomic mass is 9.79. The van der Waals surface area contributed by atoms with E-state index >= 15 is 0 Å². The molecule has 3 aromatic rings. The number of rotatable bonds is 9. The van der Waals surface area contributed by atoms with E-state index in [4.69, 9.17) is 11.2 Å². The van der Waals surface area contributed by atoms with Gasteiger partial charge in [0, 0.05) is 6.42 Å². The molecular weight excluding hydrogens is 340 g/mol. The maximum Gasteiger partial charge on any atom is 0.144 e. The fourth-order valence-corrected chi connectivity index (χ4v) is 3.80. The maximum atomic E-state index is 7.04. The van der Waals surface area contributed by atoms with Crippen molar-refractivity contribution >= 4 is 0 Å². The van der Waals surface area contributed by atoms with Gasteiger partial charge in [-0.05, 0) is 29.5 Å². The van der Waals surface area contributed by atoms with Crippen molar-refractivity contribution in [2.24, 2.45) is 0 Å². The van der Waals surface area contributed by atoms with E-state index in [9.17, 15) is 0 Å². The molecule has 1 nitrogen and oxygen atoms in total. The highest BCUT2D eigenvalue weighted by Crippen LogP contribution is 2.42. The third-order valence-electron chi connectivity index (χ3n) is 5.11. The van der Waals surface area contributed by atoms with Crippen molar-refractivity contribution in [3.63, 3.8) is 0 Å². The lowest BCUT2D eigenvalue weighted by Crippen LogP contribution is -2.37. The van der Waals surface area contributed by atoms with Gasteiger partial charge in [-0.1, -0.05) is 104 Å². The molecule has 1 atom stereocenters. The molecule has 0 saturated heterocycles. The maximum absolute atomic E-state index is 7.04. The smallest absolute Gasteiger partial charge is 0.144 e. The number of hydrogen-bond donors (Lipinski definition) is 0. The zero-order chi connectivity index (χ0) is 19.7. The van der Waals surface area contributed by atoms with Gasteiger partial charge >= 0.3 is 0 Å². The fourth-order valence-electron chi connectivity index (χ4n) is 3.80. The summed E-state index contributed by atoms with van der Waals surface area (Å²) >= 11 is 0. The van der Waals surface area contributed by atoms with Gasteiger partial charge in [-0.25, -0.2) is 0 Å². The molecule has 0 amide bonds. The number of terminal acetylenes is 1. The van der Waals surface area contributed by atoms with E-state index in [-0.39, 0.29) is 6.10 Å². The van der Waals surface area contributed by atoms with Crippen LogP contribution in [0.4, 0.5) is 0 Å². The summed E-state index contributed by atoms with van der Waals surface area (Å²) in [6, 6.07) is 31.6. The van der Waals surface area contributed by atoms with Gasteiger partial charge in [-0.2, -0.15) is 0 Å².